The van der Waals surface area contributed by atoms with Crippen LogP contribution >= 0.6 is 0 Å². The molecular formula is C12H11N5. The second-order valence-electron chi connectivity index (χ2n) is 3.65. The maximum Gasteiger partial charge on any atom is 0.113 e. The zero-order valence-corrected chi connectivity index (χ0v) is 9.11. The largest absolute Gasteiger partial charge is 0.365 e. The summed E-state index contributed by atoms with van der Waals surface area (Å²) in [6.45, 7) is 0.576. The maximum atomic E-state index is 4.09. The Bertz CT molecular complexity index is 617. The molecule has 84 valence electrons. The second kappa shape index (κ2) is 4.21. The smallest absolute Gasteiger partial charge is 0.113 e. The fraction of sp³-hybridized carbons (Fsp3) is 0.0833. The van der Waals surface area contributed by atoms with Crippen LogP contribution in [-0.2, 0) is 6.67 Å². The third-order valence-corrected chi connectivity index (χ3v) is 2.51. The lowest BCUT2D eigenvalue weighted by Gasteiger charge is -2.05. The van der Waals surface area contributed by atoms with Crippen LogP contribution in [0.5, 0.6) is 0 Å². The molecule has 3 aromatic rings. The van der Waals surface area contributed by atoms with E-state index < -0.39 is 0 Å². The van der Waals surface area contributed by atoms with Crippen LogP contribution in [0.4, 0.5) is 5.69 Å². The Hall–Kier alpha value is -2.43. The van der Waals surface area contributed by atoms with Gasteiger partial charge in [0.2, 0.25) is 0 Å². The second-order valence-corrected chi connectivity index (χ2v) is 3.65. The van der Waals surface area contributed by atoms with Gasteiger partial charge in [0.05, 0.1) is 11.2 Å². The molecule has 0 atom stereocenters. The molecule has 17 heavy (non-hydrogen) atoms. The molecule has 0 radical (unpaired) electrons. The average Bonchev–Trinajstić information content (AvgIpc) is 2.81. The van der Waals surface area contributed by atoms with Crippen molar-refractivity contribution in [1.29, 1.82) is 0 Å². The van der Waals surface area contributed by atoms with Gasteiger partial charge in [0.15, 0.2) is 0 Å². The van der Waals surface area contributed by atoms with Crippen LogP contribution in [-0.4, -0.2) is 20.0 Å². The molecule has 5 nitrogen and oxygen atoms in total. The van der Waals surface area contributed by atoms with Gasteiger partial charge in [-0.05, 0) is 24.3 Å². The van der Waals surface area contributed by atoms with Gasteiger partial charge >= 0.3 is 0 Å². The maximum absolute atomic E-state index is 4.09. The Morgan fingerprint density at radius 1 is 1.12 bits per heavy atom. The summed E-state index contributed by atoms with van der Waals surface area (Å²) >= 11 is 0. The van der Waals surface area contributed by atoms with E-state index in [0.29, 0.717) is 6.67 Å². The zero-order valence-electron chi connectivity index (χ0n) is 9.11. The third kappa shape index (κ3) is 1.94. The van der Waals surface area contributed by atoms with Crippen LogP contribution in [0.25, 0.3) is 11.0 Å². The van der Waals surface area contributed by atoms with Gasteiger partial charge in [-0.15, -0.1) is 5.10 Å². The summed E-state index contributed by atoms with van der Waals surface area (Å²) in [5.74, 6) is 0. The van der Waals surface area contributed by atoms with Crippen molar-refractivity contribution in [3.63, 3.8) is 0 Å². The van der Waals surface area contributed by atoms with E-state index in [4.69, 9.17) is 0 Å². The van der Waals surface area contributed by atoms with Crippen molar-refractivity contribution in [3.8, 4) is 0 Å². The summed E-state index contributed by atoms with van der Waals surface area (Å²) in [7, 11) is 0. The Balaban J connectivity index is 1.82. The molecule has 0 bridgehead atoms. The Morgan fingerprint density at radius 2 is 2.06 bits per heavy atom. The predicted molar refractivity (Wildman–Crippen MR) is 65.4 cm³/mol. The van der Waals surface area contributed by atoms with Crippen molar-refractivity contribution in [2.75, 3.05) is 5.32 Å². The lowest BCUT2D eigenvalue weighted by Crippen LogP contribution is -2.09. The van der Waals surface area contributed by atoms with E-state index in [1.807, 2.05) is 41.1 Å². The molecule has 1 aromatic carbocycles. The van der Waals surface area contributed by atoms with Crippen LogP contribution in [0.3, 0.4) is 0 Å². The Morgan fingerprint density at radius 3 is 2.94 bits per heavy atom. The summed E-state index contributed by atoms with van der Waals surface area (Å²) in [5, 5.41) is 11.4. The van der Waals surface area contributed by atoms with Crippen molar-refractivity contribution in [1.82, 2.24) is 20.0 Å². The zero-order chi connectivity index (χ0) is 11.5. The van der Waals surface area contributed by atoms with Crippen molar-refractivity contribution in [2.45, 2.75) is 6.67 Å². The molecule has 0 saturated carbocycles. The predicted octanol–water partition coefficient (Wildman–Crippen LogP) is 1.90. The molecule has 3 rings (SSSR count). The highest BCUT2D eigenvalue weighted by molar-refractivity contribution is 5.73. The molecule has 5 heteroatoms. The number of anilines is 1. The molecule has 0 saturated heterocycles. The highest BCUT2D eigenvalue weighted by Gasteiger charge is 2.02. The van der Waals surface area contributed by atoms with Crippen LogP contribution in [0.2, 0.25) is 0 Å². The minimum Gasteiger partial charge on any atom is -0.365 e. The van der Waals surface area contributed by atoms with Crippen LogP contribution < -0.4 is 5.32 Å². The van der Waals surface area contributed by atoms with Gasteiger partial charge in [0.25, 0.3) is 0 Å². The molecule has 0 aliphatic heterocycles. The van der Waals surface area contributed by atoms with Crippen molar-refractivity contribution >= 4 is 16.7 Å². The molecular weight excluding hydrogens is 214 g/mol. The standard InChI is InChI=1S/C12H11N5/c1-2-6-12-11(5-1)15-16-17(12)9-14-10-4-3-7-13-8-10/h1-8,14H,9H2. The summed E-state index contributed by atoms with van der Waals surface area (Å²) in [6.07, 6.45) is 3.52. The van der Waals surface area contributed by atoms with Gasteiger partial charge in [-0.1, -0.05) is 17.3 Å². The molecule has 0 fully saturated rings. The van der Waals surface area contributed by atoms with Gasteiger partial charge < -0.3 is 5.32 Å². The molecule has 0 amide bonds. The van der Waals surface area contributed by atoms with E-state index in [0.717, 1.165) is 16.7 Å². The molecule has 1 N–H and O–H groups in total. The van der Waals surface area contributed by atoms with Gasteiger partial charge in [0, 0.05) is 12.4 Å². The first-order valence-electron chi connectivity index (χ1n) is 5.35. The number of para-hydroxylation sites is 1. The van der Waals surface area contributed by atoms with E-state index in [2.05, 4.69) is 20.6 Å². The van der Waals surface area contributed by atoms with E-state index in [1.54, 1.807) is 12.4 Å². The molecule has 0 aliphatic carbocycles. The van der Waals surface area contributed by atoms with E-state index in [-0.39, 0.29) is 0 Å². The average molecular weight is 225 g/mol. The SMILES string of the molecule is c1cncc(NCn2nnc3ccccc32)c1. The number of fused-ring (bicyclic) bond motifs is 1. The third-order valence-electron chi connectivity index (χ3n) is 2.51. The molecule has 0 spiro atoms. The van der Waals surface area contributed by atoms with Crippen molar-refractivity contribution < 1.29 is 0 Å². The number of nitrogens with zero attached hydrogens (tertiary/aromatic N) is 4. The fourth-order valence-corrected chi connectivity index (χ4v) is 1.67. The summed E-state index contributed by atoms with van der Waals surface area (Å²) in [4.78, 5) is 4.04. The van der Waals surface area contributed by atoms with E-state index in [9.17, 15) is 0 Å². The number of hydrogen-bond donors (Lipinski definition) is 1. The lowest BCUT2D eigenvalue weighted by atomic mass is 10.3. The number of pyridine rings is 1. The minimum absolute atomic E-state index is 0.576. The number of benzene rings is 1. The highest BCUT2D eigenvalue weighted by atomic mass is 15.4. The van der Waals surface area contributed by atoms with Gasteiger partial charge in [-0.3, -0.25) is 4.98 Å². The summed E-state index contributed by atoms with van der Waals surface area (Å²) < 4.78 is 1.82. The monoisotopic (exact) mass is 225 g/mol. The summed E-state index contributed by atoms with van der Waals surface area (Å²) in [6, 6.07) is 11.7. The van der Waals surface area contributed by atoms with Crippen molar-refractivity contribution in [3.05, 3.63) is 48.8 Å². The van der Waals surface area contributed by atoms with Crippen LogP contribution in [0, 0.1) is 0 Å². The van der Waals surface area contributed by atoms with Gasteiger partial charge in [-0.25, -0.2) is 4.68 Å². The first-order chi connectivity index (χ1) is 8.43. The van der Waals surface area contributed by atoms with Gasteiger partial charge in [-0.2, -0.15) is 0 Å². The van der Waals surface area contributed by atoms with Crippen molar-refractivity contribution in [2.24, 2.45) is 0 Å². The van der Waals surface area contributed by atoms with Gasteiger partial charge in [0.1, 0.15) is 12.2 Å². The number of nitrogens with one attached hydrogen (secondary N) is 1. The highest BCUT2D eigenvalue weighted by Crippen LogP contribution is 2.10. The number of rotatable bonds is 3. The Kier molecular flexibility index (Phi) is 2.42. The normalized spacial score (nSPS) is 10.6. The topological polar surface area (TPSA) is 55.6 Å². The quantitative estimate of drug-likeness (QED) is 0.739. The first-order valence-corrected chi connectivity index (χ1v) is 5.35. The van der Waals surface area contributed by atoms with Crippen LogP contribution in [0.1, 0.15) is 0 Å². The fourth-order valence-electron chi connectivity index (χ4n) is 1.67. The molecule has 0 unspecified atom stereocenters. The minimum atomic E-state index is 0.576. The van der Waals surface area contributed by atoms with Crippen LogP contribution in [0.15, 0.2) is 48.8 Å². The van der Waals surface area contributed by atoms with E-state index >= 15 is 0 Å². The summed E-state index contributed by atoms with van der Waals surface area (Å²) in [5.41, 5.74) is 2.89. The molecule has 2 heterocycles. The molecule has 2 aromatic heterocycles. The first kappa shape index (κ1) is 9.77. The molecule has 0 aliphatic rings. The number of hydrogen-bond acceptors (Lipinski definition) is 4. The lowest BCUT2D eigenvalue weighted by molar-refractivity contribution is 0.655. The Labute approximate surface area is 98.1 Å². The number of aromatic nitrogens is 4. The van der Waals surface area contributed by atoms with E-state index in [1.165, 1.54) is 0 Å².